The number of unbranched alkanes of at least 4 members (excludes halogenated alkanes) is 23. The smallest absolute Gasteiger partial charge is 0.306 e. The van der Waals surface area contributed by atoms with Crippen LogP contribution in [0.5, 0.6) is 0 Å². The summed E-state index contributed by atoms with van der Waals surface area (Å²) in [6, 6.07) is -0.729. The number of aliphatic hydroxyl groups is 2. The van der Waals surface area contributed by atoms with Crippen LogP contribution in [0.1, 0.15) is 252 Å². The van der Waals surface area contributed by atoms with Gasteiger partial charge in [-0.05, 0) is 83.5 Å². The summed E-state index contributed by atoms with van der Waals surface area (Å²) in [5, 5.41) is 23.8. The van der Waals surface area contributed by atoms with Crippen LogP contribution < -0.4 is 5.32 Å². The molecule has 374 valence electrons. The van der Waals surface area contributed by atoms with Gasteiger partial charge in [-0.15, -0.1) is 0 Å². The molecule has 0 fully saturated rings. The average molecular weight is 906 g/mol. The number of carbonyl (C=O) groups excluding carboxylic acids is 2. The summed E-state index contributed by atoms with van der Waals surface area (Å²) in [5.41, 5.74) is 0. The van der Waals surface area contributed by atoms with Gasteiger partial charge < -0.3 is 20.3 Å². The van der Waals surface area contributed by atoms with Crippen molar-refractivity contribution in [3.05, 3.63) is 85.1 Å². The highest BCUT2D eigenvalue weighted by Gasteiger charge is 2.24. The lowest BCUT2D eigenvalue weighted by molar-refractivity contribution is -0.150. The van der Waals surface area contributed by atoms with E-state index in [4.69, 9.17) is 4.74 Å². The SMILES string of the molecule is CC/C=C/C/C=C/C/C=C/C/C=C/C/C=C/CCC(=O)OC(CCCCC/C=C/C=C/CCCCCCCCC)CC(=O)NC(CO)C(O)CCCCCCCCCCCCCCCC. The van der Waals surface area contributed by atoms with E-state index < -0.39 is 18.2 Å². The van der Waals surface area contributed by atoms with Gasteiger partial charge in [0.05, 0.1) is 25.2 Å². The number of allylic oxidation sites excluding steroid dienone is 14. The Labute approximate surface area is 402 Å². The van der Waals surface area contributed by atoms with Crippen molar-refractivity contribution in [2.45, 2.75) is 270 Å². The van der Waals surface area contributed by atoms with Gasteiger partial charge in [-0.25, -0.2) is 0 Å². The van der Waals surface area contributed by atoms with Crippen molar-refractivity contribution in [1.82, 2.24) is 5.32 Å². The van der Waals surface area contributed by atoms with Crippen LogP contribution in [-0.2, 0) is 14.3 Å². The standard InChI is InChI=1S/C59H103NO5/c1-4-7-10-13-16-19-22-25-28-30-32-35-38-41-44-47-50-55(65-59(64)52-49-46-43-40-37-34-31-29-26-23-20-17-14-11-8-5-2)53-58(63)60-56(54-61)57(62)51-48-45-42-39-36-33-27-24-21-18-15-12-9-6-3/h8,11,17,20,26,28-30,32,34-35,37,43,46,55-57,61-62H,4-7,9-10,12-16,18-19,21-25,27,31,33,36,38-42,44-45,47-54H2,1-3H3,(H,60,63)/b11-8+,20-17+,29-26+,30-28+,35-32+,37-34+,46-43+. The van der Waals surface area contributed by atoms with Gasteiger partial charge in [0.25, 0.3) is 0 Å². The molecule has 0 aromatic carbocycles. The van der Waals surface area contributed by atoms with E-state index in [1.54, 1.807) is 0 Å². The fraction of sp³-hybridized carbons (Fsp3) is 0.729. The van der Waals surface area contributed by atoms with Crippen LogP contribution >= 0.6 is 0 Å². The first kappa shape index (κ1) is 62.0. The van der Waals surface area contributed by atoms with Crippen molar-refractivity contribution in [1.29, 1.82) is 0 Å². The molecule has 65 heavy (non-hydrogen) atoms. The first-order valence-electron chi connectivity index (χ1n) is 27.3. The molecule has 0 saturated heterocycles. The van der Waals surface area contributed by atoms with E-state index >= 15 is 0 Å². The molecule has 6 heteroatoms. The van der Waals surface area contributed by atoms with Gasteiger partial charge in [0.15, 0.2) is 0 Å². The zero-order chi connectivity index (χ0) is 47.4. The van der Waals surface area contributed by atoms with Crippen LogP contribution in [-0.4, -0.2) is 46.9 Å². The third-order valence-electron chi connectivity index (χ3n) is 12.0. The molecule has 0 bridgehead atoms. The van der Waals surface area contributed by atoms with Gasteiger partial charge >= 0.3 is 5.97 Å². The zero-order valence-electron chi connectivity index (χ0n) is 42.6. The van der Waals surface area contributed by atoms with Crippen molar-refractivity contribution in [2.24, 2.45) is 0 Å². The summed E-state index contributed by atoms with van der Waals surface area (Å²) in [4.78, 5) is 26.2. The molecule has 3 N–H and O–H groups in total. The van der Waals surface area contributed by atoms with Gasteiger partial charge in [-0.2, -0.15) is 0 Å². The third-order valence-corrected chi connectivity index (χ3v) is 12.0. The van der Waals surface area contributed by atoms with Gasteiger partial charge in [0.2, 0.25) is 5.91 Å². The summed E-state index contributed by atoms with van der Waals surface area (Å²) in [6.45, 7) is 6.35. The molecule has 6 nitrogen and oxygen atoms in total. The molecular weight excluding hydrogens is 803 g/mol. The second-order valence-electron chi connectivity index (χ2n) is 18.3. The third kappa shape index (κ3) is 47.3. The normalized spacial score (nSPS) is 13.9. The Morgan fingerprint density at radius 3 is 1.34 bits per heavy atom. The molecule has 0 radical (unpaired) electrons. The number of hydrogen-bond donors (Lipinski definition) is 3. The summed E-state index contributed by atoms with van der Waals surface area (Å²) in [6.07, 6.45) is 67.9. The van der Waals surface area contributed by atoms with Crippen molar-refractivity contribution in [3.63, 3.8) is 0 Å². The molecule has 3 unspecified atom stereocenters. The van der Waals surface area contributed by atoms with E-state index in [0.29, 0.717) is 19.3 Å². The van der Waals surface area contributed by atoms with E-state index in [1.165, 1.54) is 116 Å². The van der Waals surface area contributed by atoms with Gasteiger partial charge in [-0.1, -0.05) is 241 Å². The Morgan fingerprint density at radius 1 is 0.477 bits per heavy atom. The molecule has 0 aromatic rings. The molecule has 0 heterocycles. The number of rotatable bonds is 48. The predicted molar refractivity (Wildman–Crippen MR) is 282 cm³/mol. The fourth-order valence-corrected chi connectivity index (χ4v) is 7.88. The molecule has 0 saturated carbocycles. The topological polar surface area (TPSA) is 95.9 Å². The van der Waals surface area contributed by atoms with Crippen LogP contribution in [0.4, 0.5) is 0 Å². The summed E-state index contributed by atoms with van der Waals surface area (Å²) >= 11 is 0. The fourth-order valence-electron chi connectivity index (χ4n) is 7.88. The average Bonchev–Trinajstić information content (AvgIpc) is 3.30. The van der Waals surface area contributed by atoms with Crippen molar-refractivity contribution in [2.75, 3.05) is 6.61 Å². The van der Waals surface area contributed by atoms with E-state index in [-0.39, 0.29) is 31.3 Å². The number of hydrogen-bond acceptors (Lipinski definition) is 5. The maximum absolute atomic E-state index is 13.2. The van der Waals surface area contributed by atoms with Crippen LogP contribution in [0.2, 0.25) is 0 Å². The molecular formula is C59H103NO5. The van der Waals surface area contributed by atoms with Crippen LogP contribution in [0.15, 0.2) is 85.1 Å². The minimum atomic E-state index is -0.811. The molecule has 0 rings (SSSR count). The van der Waals surface area contributed by atoms with Crippen LogP contribution in [0.3, 0.4) is 0 Å². The Kier molecular flexibility index (Phi) is 49.6. The van der Waals surface area contributed by atoms with Crippen LogP contribution in [0, 0.1) is 0 Å². The minimum Gasteiger partial charge on any atom is -0.462 e. The quantitative estimate of drug-likeness (QED) is 0.0245. The first-order valence-corrected chi connectivity index (χ1v) is 27.3. The van der Waals surface area contributed by atoms with E-state index in [0.717, 1.165) is 83.5 Å². The number of nitrogens with one attached hydrogen (secondary N) is 1. The van der Waals surface area contributed by atoms with E-state index in [1.807, 2.05) is 6.08 Å². The number of carbonyl (C=O) groups is 2. The molecule has 0 aliphatic carbocycles. The first-order chi connectivity index (χ1) is 32.0. The Balaban J connectivity index is 4.74. The monoisotopic (exact) mass is 906 g/mol. The van der Waals surface area contributed by atoms with Crippen molar-refractivity contribution < 1.29 is 24.5 Å². The Morgan fingerprint density at radius 2 is 0.877 bits per heavy atom. The number of ether oxygens (including phenoxy) is 1. The highest BCUT2D eigenvalue weighted by Crippen LogP contribution is 2.17. The van der Waals surface area contributed by atoms with Crippen molar-refractivity contribution in [3.8, 4) is 0 Å². The second-order valence-corrected chi connectivity index (χ2v) is 18.3. The maximum atomic E-state index is 13.2. The largest absolute Gasteiger partial charge is 0.462 e. The molecule has 0 aliphatic heterocycles. The summed E-state index contributed by atoms with van der Waals surface area (Å²) in [5.74, 6) is -0.600. The maximum Gasteiger partial charge on any atom is 0.306 e. The van der Waals surface area contributed by atoms with Crippen molar-refractivity contribution >= 4 is 11.9 Å². The molecule has 0 aromatic heterocycles. The van der Waals surface area contributed by atoms with Gasteiger partial charge in [0, 0.05) is 6.42 Å². The van der Waals surface area contributed by atoms with Crippen LogP contribution in [0.25, 0.3) is 0 Å². The molecule has 1 amide bonds. The summed E-state index contributed by atoms with van der Waals surface area (Å²) in [7, 11) is 0. The van der Waals surface area contributed by atoms with Gasteiger partial charge in [-0.3, -0.25) is 9.59 Å². The number of amides is 1. The number of esters is 1. The Bertz CT molecular complexity index is 1250. The lowest BCUT2D eigenvalue weighted by Crippen LogP contribution is -2.46. The highest BCUT2D eigenvalue weighted by atomic mass is 16.5. The Hall–Kier alpha value is -2.96. The molecule has 0 aliphatic rings. The predicted octanol–water partition coefficient (Wildman–Crippen LogP) is 16.7. The highest BCUT2D eigenvalue weighted by molar-refractivity contribution is 5.77. The van der Waals surface area contributed by atoms with E-state index in [2.05, 4.69) is 105 Å². The lowest BCUT2D eigenvalue weighted by Gasteiger charge is -2.24. The molecule has 0 spiro atoms. The minimum absolute atomic E-state index is 0.0267. The zero-order valence-corrected chi connectivity index (χ0v) is 42.6. The number of aliphatic hydroxyl groups excluding tert-OH is 2. The lowest BCUT2D eigenvalue weighted by atomic mass is 10.0. The van der Waals surface area contributed by atoms with Gasteiger partial charge in [0.1, 0.15) is 6.10 Å². The summed E-state index contributed by atoms with van der Waals surface area (Å²) < 4.78 is 5.89. The molecule has 3 atom stereocenters. The van der Waals surface area contributed by atoms with E-state index in [9.17, 15) is 19.8 Å². The second kappa shape index (κ2) is 52.0.